The van der Waals surface area contributed by atoms with Gasteiger partial charge in [0, 0.05) is 28.6 Å². The van der Waals surface area contributed by atoms with Crippen LogP contribution in [-0.4, -0.2) is 53.1 Å². The quantitative estimate of drug-likeness (QED) is 0.279. The Labute approximate surface area is 219 Å². The number of nitrogens with one attached hydrogen (secondary N) is 1. The number of halogens is 2. The van der Waals surface area contributed by atoms with Crippen molar-refractivity contribution in [3.05, 3.63) is 60.3 Å². The smallest absolute Gasteiger partial charge is 0.333 e. The van der Waals surface area contributed by atoms with Gasteiger partial charge in [0.05, 0.1) is 31.8 Å². The van der Waals surface area contributed by atoms with Gasteiger partial charge in [-0.05, 0) is 31.0 Å². The number of ketones is 1. The van der Waals surface area contributed by atoms with Crippen molar-refractivity contribution >= 4 is 67.8 Å². The third kappa shape index (κ3) is 6.37. The molecule has 0 saturated heterocycles. The molecule has 5 N–H and O–H groups in total. The van der Waals surface area contributed by atoms with Crippen molar-refractivity contribution in [2.45, 2.75) is 31.1 Å². The van der Waals surface area contributed by atoms with E-state index in [0.29, 0.717) is 27.6 Å². The molecule has 1 aliphatic carbocycles. The molecule has 188 valence electrons. The van der Waals surface area contributed by atoms with Crippen LogP contribution in [0.5, 0.6) is 0 Å². The van der Waals surface area contributed by atoms with Gasteiger partial charge in [-0.1, -0.05) is 23.2 Å². The summed E-state index contributed by atoms with van der Waals surface area (Å²) in [6.07, 6.45) is 1.47. The van der Waals surface area contributed by atoms with Crippen molar-refractivity contribution in [2.75, 3.05) is 11.9 Å². The van der Waals surface area contributed by atoms with Gasteiger partial charge in [-0.3, -0.25) is 8.98 Å². The van der Waals surface area contributed by atoms with E-state index in [1.807, 2.05) is 0 Å². The van der Waals surface area contributed by atoms with Crippen molar-refractivity contribution < 1.29 is 27.6 Å². The molecule has 1 unspecified atom stereocenters. The third-order valence-corrected chi connectivity index (χ3v) is 8.63. The van der Waals surface area contributed by atoms with E-state index >= 15 is 0 Å². The van der Waals surface area contributed by atoms with Crippen LogP contribution >= 0.6 is 45.9 Å². The number of aliphatic hydroxyl groups excluding tert-OH is 2. The van der Waals surface area contributed by atoms with Crippen LogP contribution in [-0.2, 0) is 14.5 Å². The fraction of sp³-hybridized carbons (Fsp3) is 0.350. The van der Waals surface area contributed by atoms with Gasteiger partial charge in [0.25, 0.3) is 0 Å². The molecule has 0 aromatic carbocycles. The van der Waals surface area contributed by atoms with Gasteiger partial charge >= 0.3 is 10.3 Å². The number of carbonyl (C=O) groups excluding carboxylic acids is 1. The standard InChI is InChI=1S/C20H20Cl2N4O6S3/c21-16-2-1-14(33-16)17(28)11-5-15(34-19(11)22)18(29)12-6-24-8-25-20(12)26-10-3-9(13(27)4-10)7-32-35(23,30)31/h1-2,5-6,8-10,13,17,27-28H,3-4,7H2,(H2,23,30,31)(H,24,25,26)/t9-,10-,13+,17?/m1/s1. The number of nitrogens with zero attached hydrogens (tertiary/aromatic N) is 2. The molecule has 1 fully saturated rings. The summed E-state index contributed by atoms with van der Waals surface area (Å²) >= 11 is 14.5. The number of hydrogen-bond acceptors (Lipinski definition) is 11. The van der Waals surface area contributed by atoms with Crippen LogP contribution in [0.15, 0.2) is 30.7 Å². The molecular formula is C20H20Cl2N4O6S3. The van der Waals surface area contributed by atoms with Gasteiger partial charge in [0.2, 0.25) is 5.78 Å². The highest BCUT2D eigenvalue weighted by atomic mass is 35.5. The number of aliphatic hydroxyl groups is 2. The summed E-state index contributed by atoms with van der Waals surface area (Å²) in [6.45, 7) is -0.248. The number of anilines is 1. The highest BCUT2D eigenvalue weighted by molar-refractivity contribution is 7.84. The number of thiophene rings is 2. The lowest BCUT2D eigenvalue weighted by atomic mass is 10.1. The molecule has 35 heavy (non-hydrogen) atoms. The van der Waals surface area contributed by atoms with E-state index in [-0.39, 0.29) is 33.2 Å². The molecule has 4 atom stereocenters. The molecular weight excluding hydrogens is 559 g/mol. The zero-order valence-electron chi connectivity index (χ0n) is 17.8. The van der Waals surface area contributed by atoms with Crippen molar-refractivity contribution in [2.24, 2.45) is 11.1 Å². The number of carbonyl (C=O) groups is 1. The molecule has 1 aliphatic rings. The van der Waals surface area contributed by atoms with E-state index in [0.717, 1.165) is 11.3 Å². The van der Waals surface area contributed by atoms with E-state index < -0.39 is 34.2 Å². The normalized spacial score (nSPS) is 21.2. The first-order chi connectivity index (χ1) is 16.5. The molecule has 0 bridgehead atoms. The summed E-state index contributed by atoms with van der Waals surface area (Å²) in [4.78, 5) is 22.3. The van der Waals surface area contributed by atoms with E-state index in [4.69, 9.17) is 28.3 Å². The van der Waals surface area contributed by atoms with Crippen LogP contribution < -0.4 is 10.5 Å². The van der Waals surface area contributed by atoms with E-state index in [1.54, 1.807) is 12.1 Å². The first-order valence-electron chi connectivity index (χ1n) is 10.2. The minimum Gasteiger partial charge on any atom is -0.393 e. The lowest BCUT2D eigenvalue weighted by Gasteiger charge is -2.15. The van der Waals surface area contributed by atoms with E-state index in [9.17, 15) is 23.4 Å². The molecule has 0 spiro atoms. The largest absolute Gasteiger partial charge is 0.393 e. The summed E-state index contributed by atoms with van der Waals surface area (Å²) in [5.41, 5.74) is 0.575. The SMILES string of the molecule is NS(=O)(=O)OC[C@H]1C[C@@H](Nc2ncncc2C(=O)c2cc(C(O)c3ccc(Cl)s3)c(Cl)s2)C[C@@H]1O. The van der Waals surface area contributed by atoms with Crippen LogP contribution in [0.25, 0.3) is 0 Å². The molecule has 3 heterocycles. The third-order valence-electron chi connectivity index (χ3n) is 5.50. The Hall–Kier alpha value is -1.68. The average Bonchev–Trinajstić information content (AvgIpc) is 3.49. The molecule has 0 aliphatic heterocycles. The number of rotatable bonds is 9. The number of aromatic nitrogens is 2. The Bertz CT molecular complexity index is 1330. The molecule has 1 saturated carbocycles. The summed E-state index contributed by atoms with van der Waals surface area (Å²) < 4.78 is 27.5. The Morgan fingerprint density at radius 3 is 2.77 bits per heavy atom. The van der Waals surface area contributed by atoms with Gasteiger partial charge in [0.15, 0.2) is 0 Å². The Kier molecular flexibility index (Phi) is 8.10. The lowest BCUT2D eigenvalue weighted by Crippen LogP contribution is -2.24. The maximum Gasteiger partial charge on any atom is 0.333 e. The van der Waals surface area contributed by atoms with Gasteiger partial charge in [-0.25, -0.2) is 15.1 Å². The minimum absolute atomic E-state index is 0.185. The Morgan fingerprint density at radius 1 is 1.31 bits per heavy atom. The average molecular weight is 580 g/mol. The Balaban J connectivity index is 1.50. The van der Waals surface area contributed by atoms with Gasteiger partial charge in [-0.2, -0.15) is 8.42 Å². The summed E-state index contributed by atoms with van der Waals surface area (Å²) in [5.74, 6) is -0.597. The number of hydrogen-bond donors (Lipinski definition) is 4. The van der Waals surface area contributed by atoms with Crippen LogP contribution in [0.1, 0.15) is 44.6 Å². The maximum absolute atomic E-state index is 13.3. The van der Waals surface area contributed by atoms with Crippen LogP contribution in [0.4, 0.5) is 5.82 Å². The molecule has 3 aromatic rings. The predicted octanol–water partition coefficient (Wildman–Crippen LogP) is 2.99. The molecule has 0 radical (unpaired) electrons. The van der Waals surface area contributed by atoms with Crippen molar-refractivity contribution in [3.8, 4) is 0 Å². The first kappa shape index (κ1) is 26.4. The van der Waals surface area contributed by atoms with Crippen LogP contribution in [0, 0.1) is 5.92 Å². The highest BCUT2D eigenvalue weighted by Crippen LogP contribution is 2.39. The van der Waals surface area contributed by atoms with Crippen molar-refractivity contribution in [3.63, 3.8) is 0 Å². The van der Waals surface area contributed by atoms with E-state index in [2.05, 4.69) is 19.5 Å². The predicted molar refractivity (Wildman–Crippen MR) is 133 cm³/mol. The number of nitrogens with two attached hydrogens (primary N) is 1. The molecule has 4 rings (SSSR count). The fourth-order valence-electron chi connectivity index (χ4n) is 3.83. The summed E-state index contributed by atoms with van der Waals surface area (Å²) in [6, 6.07) is 4.59. The second kappa shape index (κ2) is 10.7. The van der Waals surface area contributed by atoms with Gasteiger partial charge < -0.3 is 15.5 Å². The van der Waals surface area contributed by atoms with Crippen molar-refractivity contribution in [1.29, 1.82) is 0 Å². The minimum atomic E-state index is -4.11. The summed E-state index contributed by atoms with van der Waals surface area (Å²) in [7, 11) is -4.11. The Morgan fingerprint density at radius 2 is 2.09 bits per heavy atom. The van der Waals surface area contributed by atoms with Gasteiger partial charge in [-0.15, -0.1) is 22.7 Å². The topological polar surface area (TPSA) is 165 Å². The van der Waals surface area contributed by atoms with Crippen LogP contribution in [0.2, 0.25) is 8.67 Å². The van der Waals surface area contributed by atoms with Crippen molar-refractivity contribution in [1.82, 2.24) is 9.97 Å². The fourth-order valence-corrected chi connectivity index (χ4v) is 6.54. The second-order valence-corrected chi connectivity index (χ2v) is 12.5. The maximum atomic E-state index is 13.3. The highest BCUT2D eigenvalue weighted by Gasteiger charge is 2.35. The first-order valence-corrected chi connectivity index (χ1v) is 14.1. The monoisotopic (exact) mass is 578 g/mol. The molecule has 15 heteroatoms. The zero-order chi connectivity index (χ0) is 25.3. The van der Waals surface area contributed by atoms with E-state index in [1.165, 1.54) is 29.9 Å². The molecule has 3 aromatic heterocycles. The van der Waals surface area contributed by atoms with Gasteiger partial charge in [0.1, 0.15) is 18.2 Å². The second-order valence-electron chi connectivity index (χ2n) is 7.92. The molecule has 10 nitrogen and oxygen atoms in total. The molecule has 0 amide bonds. The lowest BCUT2D eigenvalue weighted by molar-refractivity contribution is 0.101. The van der Waals surface area contributed by atoms with Crippen LogP contribution in [0.3, 0.4) is 0 Å². The zero-order valence-corrected chi connectivity index (χ0v) is 21.8. The summed E-state index contributed by atoms with van der Waals surface area (Å²) in [5, 5.41) is 28.9.